The predicted octanol–water partition coefficient (Wildman–Crippen LogP) is 2.17. The second-order valence-corrected chi connectivity index (χ2v) is 6.74. The summed E-state index contributed by atoms with van der Waals surface area (Å²) in [6.45, 7) is 0. The molecule has 0 aliphatic heterocycles. The number of fused-ring (bicyclic) bond motifs is 1. The monoisotopic (exact) mass is 349 g/mol. The molecular weight excluding hydrogens is 330 g/mol. The molecule has 0 radical (unpaired) electrons. The van der Waals surface area contributed by atoms with E-state index in [0.717, 1.165) is 16.5 Å². The van der Waals surface area contributed by atoms with Gasteiger partial charge in [-0.15, -0.1) is 0 Å². The van der Waals surface area contributed by atoms with Crippen LogP contribution in [-0.4, -0.2) is 27.1 Å². The van der Waals surface area contributed by atoms with E-state index >= 15 is 0 Å². The van der Waals surface area contributed by atoms with Gasteiger partial charge in [-0.3, -0.25) is 14.6 Å². The Bertz CT molecular complexity index is 988. The first-order chi connectivity index (χ1) is 12.6. The van der Waals surface area contributed by atoms with Gasteiger partial charge in [0.1, 0.15) is 0 Å². The smallest absolute Gasteiger partial charge is 0.253 e. The van der Waals surface area contributed by atoms with Crippen LogP contribution in [0.4, 0.5) is 0 Å². The second kappa shape index (κ2) is 6.72. The molecule has 6 nitrogen and oxygen atoms in total. The van der Waals surface area contributed by atoms with Crippen LogP contribution in [0.2, 0.25) is 0 Å². The molecule has 26 heavy (non-hydrogen) atoms. The van der Waals surface area contributed by atoms with Gasteiger partial charge in [0.25, 0.3) is 5.91 Å². The minimum Gasteiger partial charge on any atom is -0.393 e. The van der Waals surface area contributed by atoms with Crippen LogP contribution in [0.25, 0.3) is 10.9 Å². The van der Waals surface area contributed by atoms with Gasteiger partial charge in [0.05, 0.1) is 23.2 Å². The highest BCUT2D eigenvalue weighted by Crippen LogP contribution is 2.38. The Morgan fingerprint density at radius 1 is 1.23 bits per heavy atom. The fourth-order valence-electron chi connectivity index (χ4n) is 3.41. The van der Waals surface area contributed by atoms with Crippen molar-refractivity contribution in [2.24, 2.45) is 5.92 Å². The van der Waals surface area contributed by atoms with Crippen LogP contribution >= 0.6 is 0 Å². The second-order valence-electron chi connectivity index (χ2n) is 6.74. The van der Waals surface area contributed by atoms with Crippen LogP contribution in [0.3, 0.4) is 0 Å². The molecule has 0 bridgehead atoms. The molecule has 3 aromatic rings. The van der Waals surface area contributed by atoms with Crippen LogP contribution in [0.5, 0.6) is 0 Å². The highest BCUT2D eigenvalue weighted by Gasteiger charge is 2.36. The molecule has 0 spiro atoms. The fraction of sp³-hybridized carbons (Fsp3) is 0.250. The molecule has 1 aromatic carbocycles. The number of hydrogen-bond acceptors (Lipinski definition) is 4. The number of aromatic amines is 1. The maximum absolute atomic E-state index is 12.6. The molecule has 1 aliphatic carbocycles. The summed E-state index contributed by atoms with van der Waals surface area (Å²) in [7, 11) is 0. The molecule has 4 rings (SSSR count). The van der Waals surface area contributed by atoms with Crippen molar-refractivity contribution in [1.82, 2.24) is 15.3 Å². The first-order valence-corrected chi connectivity index (χ1v) is 8.62. The molecule has 1 saturated carbocycles. The molecule has 3 N–H and O–H groups in total. The molecule has 0 unspecified atom stereocenters. The number of H-pyrrole nitrogens is 1. The largest absolute Gasteiger partial charge is 0.393 e. The van der Waals surface area contributed by atoms with Gasteiger partial charge in [-0.05, 0) is 42.5 Å². The Kier molecular flexibility index (Phi) is 4.26. The van der Waals surface area contributed by atoms with E-state index in [0.29, 0.717) is 18.4 Å². The number of hydrogen-bond donors (Lipinski definition) is 3. The summed E-state index contributed by atoms with van der Waals surface area (Å²) in [5.41, 5.74) is 1.95. The molecular formula is C20H19N3O3. The van der Waals surface area contributed by atoms with E-state index in [1.807, 2.05) is 30.3 Å². The first-order valence-electron chi connectivity index (χ1n) is 8.62. The number of para-hydroxylation sites is 1. The average molecular weight is 349 g/mol. The van der Waals surface area contributed by atoms with Crippen molar-refractivity contribution in [3.63, 3.8) is 0 Å². The van der Waals surface area contributed by atoms with Crippen LogP contribution in [-0.2, 0) is 0 Å². The molecule has 1 atom stereocenters. The van der Waals surface area contributed by atoms with Gasteiger partial charge in [-0.1, -0.05) is 18.2 Å². The van der Waals surface area contributed by atoms with Crippen molar-refractivity contribution >= 4 is 16.8 Å². The summed E-state index contributed by atoms with van der Waals surface area (Å²) in [4.78, 5) is 30.8. The van der Waals surface area contributed by atoms with E-state index in [-0.39, 0.29) is 29.5 Å². The van der Waals surface area contributed by atoms with Crippen molar-refractivity contribution in [2.75, 3.05) is 0 Å². The Labute approximate surface area is 149 Å². The quantitative estimate of drug-likeness (QED) is 0.673. The molecule has 6 heteroatoms. The number of carbonyl (C=O) groups excluding carboxylic acids is 1. The van der Waals surface area contributed by atoms with E-state index in [1.165, 1.54) is 18.3 Å². The van der Waals surface area contributed by atoms with Gasteiger partial charge in [-0.2, -0.15) is 0 Å². The van der Waals surface area contributed by atoms with Crippen molar-refractivity contribution in [2.45, 2.75) is 25.0 Å². The topological polar surface area (TPSA) is 95.1 Å². The van der Waals surface area contributed by atoms with Crippen LogP contribution in [0, 0.1) is 5.92 Å². The van der Waals surface area contributed by atoms with E-state index in [9.17, 15) is 14.7 Å². The summed E-state index contributed by atoms with van der Waals surface area (Å²) >= 11 is 0. The lowest BCUT2D eigenvalue weighted by atomic mass is 9.75. The normalized spacial score (nSPS) is 20.3. The Morgan fingerprint density at radius 2 is 2.04 bits per heavy atom. The van der Waals surface area contributed by atoms with Gasteiger partial charge >= 0.3 is 0 Å². The molecule has 1 aliphatic rings. The minimum atomic E-state index is -0.319. The van der Waals surface area contributed by atoms with Crippen molar-refractivity contribution in [3.8, 4) is 0 Å². The average Bonchev–Trinajstić information content (AvgIpc) is 2.64. The summed E-state index contributed by atoms with van der Waals surface area (Å²) in [6, 6.07) is 12.4. The predicted molar refractivity (Wildman–Crippen MR) is 97.7 cm³/mol. The third kappa shape index (κ3) is 3.23. The number of aliphatic hydroxyl groups is 1. The van der Waals surface area contributed by atoms with Crippen molar-refractivity contribution < 1.29 is 9.90 Å². The van der Waals surface area contributed by atoms with Crippen LogP contribution in [0.1, 0.15) is 34.8 Å². The Hall–Kier alpha value is -2.99. The zero-order chi connectivity index (χ0) is 18.1. The zero-order valence-electron chi connectivity index (χ0n) is 14.1. The van der Waals surface area contributed by atoms with E-state index < -0.39 is 0 Å². The standard InChI is InChI=1S/C20H19N3O3/c24-16-8-14(9-16)19(23-20(26)13-5-6-18(25)22-10-13)15-7-12-3-1-2-4-17(12)21-11-15/h1-7,10-11,14,16,19,24H,8-9H2,(H,22,25)(H,23,26)/t14?,16?,19-/m1/s1. The van der Waals surface area contributed by atoms with Gasteiger partial charge in [-0.25, -0.2) is 0 Å². The van der Waals surface area contributed by atoms with Gasteiger partial charge in [0.2, 0.25) is 5.56 Å². The van der Waals surface area contributed by atoms with Gasteiger partial charge < -0.3 is 15.4 Å². The number of nitrogens with zero attached hydrogens (tertiary/aromatic N) is 1. The number of rotatable bonds is 4. The van der Waals surface area contributed by atoms with Crippen LogP contribution in [0.15, 0.2) is 59.7 Å². The number of carbonyl (C=O) groups is 1. The SMILES string of the molecule is O=C(N[C@@H](c1cnc2ccccc2c1)C1CC(O)C1)c1ccc(=O)[nH]c1. The summed E-state index contributed by atoms with van der Waals surface area (Å²) in [5, 5.41) is 13.8. The number of aliphatic hydroxyl groups excluding tert-OH is 1. The summed E-state index contributed by atoms with van der Waals surface area (Å²) < 4.78 is 0. The maximum atomic E-state index is 12.6. The Balaban J connectivity index is 1.64. The first kappa shape index (κ1) is 16.5. The van der Waals surface area contributed by atoms with Gasteiger partial charge in [0.15, 0.2) is 0 Å². The van der Waals surface area contributed by atoms with Gasteiger partial charge in [0, 0.05) is 23.8 Å². The van der Waals surface area contributed by atoms with E-state index in [2.05, 4.69) is 15.3 Å². The molecule has 2 heterocycles. The number of amides is 1. The molecule has 2 aromatic heterocycles. The summed E-state index contributed by atoms with van der Waals surface area (Å²) in [5.74, 6) is -0.111. The lowest BCUT2D eigenvalue weighted by Crippen LogP contribution is -2.41. The Morgan fingerprint density at radius 3 is 2.77 bits per heavy atom. The lowest BCUT2D eigenvalue weighted by molar-refractivity contribution is 0.0235. The maximum Gasteiger partial charge on any atom is 0.253 e. The number of aromatic nitrogens is 2. The van der Waals surface area contributed by atoms with E-state index in [1.54, 1.807) is 6.20 Å². The minimum absolute atomic E-state index is 0.152. The third-order valence-electron chi connectivity index (χ3n) is 4.92. The zero-order valence-corrected chi connectivity index (χ0v) is 14.1. The van der Waals surface area contributed by atoms with Crippen molar-refractivity contribution in [1.29, 1.82) is 0 Å². The molecule has 0 saturated heterocycles. The third-order valence-corrected chi connectivity index (χ3v) is 4.92. The number of benzene rings is 1. The molecule has 1 fully saturated rings. The number of nitrogens with one attached hydrogen (secondary N) is 2. The number of pyridine rings is 2. The lowest BCUT2D eigenvalue weighted by Gasteiger charge is -2.38. The van der Waals surface area contributed by atoms with Crippen molar-refractivity contribution in [3.05, 3.63) is 76.3 Å². The highest BCUT2D eigenvalue weighted by molar-refractivity contribution is 5.94. The highest BCUT2D eigenvalue weighted by atomic mass is 16.3. The molecule has 1 amide bonds. The fourth-order valence-corrected chi connectivity index (χ4v) is 3.41. The molecule has 132 valence electrons. The van der Waals surface area contributed by atoms with Crippen LogP contribution < -0.4 is 10.9 Å². The van der Waals surface area contributed by atoms with E-state index in [4.69, 9.17) is 0 Å². The summed E-state index contributed by atoms with van der Waals surface area (Å²) in [6.07, 6.45) is 4.15.